The quantitative estimate of drug-likeness (QED) is 0.784. The van der Waals surface area contributed by atoms with Gasteiger partial charge in [-0.05, 0) is 38.1 Å². The lowest BCUT2D eigenvalue weighted by Crippen LogP contribution is -2.36. The summed E-state index contributed by atoms with van der Waals surface area (Å²) in [6.45, 7) is 2.01. The number of hydrogen-bond donors (Lipinski definition) is 2. The fraction of sp³-hybridized carbons (Fsp3) is 0.500. The van der Waals surface area contributed by atoms with Gasteiger partial charge in [-0.2, -0.15) is 4.98 Å². The maximum atomic E-state index is 14.0. The summed E-state index contributed by atoms with van der Waals surface area (Å²) in [5.74, 6) is 0.229. The van der Waals surface area contributed by atoms with Crippen LogP contribution in [-0.2, 0) is 0 Å². The van der Waals surface area contributed by atoms with Gasteiger partial charge in [0.1, 0.15) is 24.3 Å². The molecule has 1 fully saturated rings. The van der Waals surface area contributed by atoms with Gasteiger partial charge in [0.25, 0.3) is 0 Å². The third kappa shape index (κ3) is 4.93. The molecule has 0 aromatic carbocycles. The number of halogens is 2. The fourth-order valence-electron chi connectivity index (χ4n) is 2.99. The average molecular weight is 368 g/mol. The number of aliphatic hydroxyl groups is 1. The van der Waals surface area contributed by atoms with Crippen molar-refractivity contribution in [3.05, 3.63) is 41.5 Å². The summed E-state index contributed by atoms with van der Waals surface area (Å²) >= 11 is 5.76. The zero-order valence-corrected chi connectivity index (χ0v) is 14.9. The minimum atomic E-state index is -1.35. The molecule has 1 aliphatic heterocycles. The number of nitrogens with zero attached hydrogens (tertiary/aromatic N) is 2. The van der Waals surface area contributed by atoms with Gasteiger partial charge < -0.3 is 20.1 Å². The van der Waals surface area contributed by atoms with E-state index in [1.807, 2.05) is 0 Å². The van der Waals surface area contributed by atoms with Crippen molar-refractivity contribution in [1.29, 1.82) is 0 Å². The SMILES string of the molecule is CN1CCC(Oc2cccc(NC(O)C3C=CC(Cl)=CC3F)n2)CC1. The lowest BCUT2D eigenvalue weighted by atomic mass is 9.97. The van der Waals surface area contributed by atoms with Crippen LogP contribution in [-0.4, -0.2) is 53.6 Å². The zero-order valence-electron chi connectivity index (χ0n) is 14.1. The number of aliphatic hydroxyl groups excluding tert-OH is 1. The smallest absolute Gasteiger partial charge is 0.215 e. The molecule has 0 bridgehead atoms. The Balaban J connectivity index is 1.59. The largest absolute Gasteiger partial charge is 0.474 e. The van der Waals surface area contributed by atoms with Gasteiger partial charge in [0.2, 0.25) is 5.88 Å². The Morgan fingerprint density at radius 3 is 2.88 bits per heavy atom. The van der Waals surface area contributed by atoms with Crippen LogP contribution in [0.2, 0.25) is 0 Å². The van der Waals surface area contributed by atoms with E-state index in [-0.39, 0.29) is 6.10 Å². The molecular weight excluding hydrogens is 345 g/mol. The second-order valence-electron chi connectivity index (χ2n) is 6.50. The first kappa shape index (κ1) is 18.2. The van der Waals surface area contributed by atoms with Crippen molar-refractivity contribution < 1.29 is 14.2 Å². The predicted octanol–water partition coefficient (Wildman–Crippen LogP) is 2.93. The van der Waals surface area contributed by atoms with Gasteiger partial charge in [-0.15, -0.1) is 0 Å². The summed E-state index contributed by atoms with van der Waals surface area (Å²) in [6, 6.07) is 5.30. The second kappa shape index (κ2) is 8.17. The molecule has 2 aliphatic rings. The Kier molecular flexibility index (Phi) is 5.93. The van der Waals surface area contributed by atoms with Gasteiger partial charge in [-0.3, -0.25) is 0 Å². The molecule has 0 amide bonds. The number of aromatic nitrogens is 1. The van der Waals surface area contributed by atoms with Crippen molar-refractivity contribution in [2.45, 2.75) is 31.3 Å². The number of pyridine rings is 1. The molecule has 2 heterocycles. The molecular formula is C18H23ClFN3O2. The van der Waals surface area contributed by atoms with E-state index in [4.69, 9.17) is 16.3 Å². The molecule has 1 aliphatic carbocycles. The normalized spacial score (nSPS) is 26.2. The number of nitrogens with one attached hydrogen (secondary N) is 1. The van der Waals surface area contributed by atoms with Crippen molar-refractivity contribution in [3.8, 4) is 5.88 Å². The Bertz CT molecular complexity index is 647. The number of piperidine rings is 1. The molecule has 1 saturated heterocycles. The first-order valence-electron chi connectivity index (χ1n) is 8.48. The highest BCUT2D eigenvalue weighted by atomic mass is 35.5. The molecule has 0 saturated carbocycles. The maximum absolute atomic E-state index is 14.0. The van der Waals surface area contributed by atoms with Crippen LogP contribution in [0.3, 0.4) is 0 Å². The summed E-state index contributed by atoms with van der Waals surface area (Å²) in [6.07, 6.45) is 4.03. The summed E-state index contributed by atoms with van der Waals surface area (Å²) < 4.78 is 19.9. The highest BCUT2D eigenvalue weighted by Gasteiger charge is 2.27. The molecule has 0 radical (unpaired) electrons. The predicted molar refractivity (Wildman–Crippen MR) is 96.5 cm³/mol. The minimum Gasteiger partial charge on any atom is -0.474 e. The molecule has 1 aromatic heterocycles. The Labute approximate surface area is 152 Å². The molecule has 136 valence electrons. The number of anilines is 1. The van der Waals surface area contributed by atoms with E-state index in [0.29, 0.717) is 16.7 Å². The van der Waals surface area contributed by atoms with Crippen LogP contribution in [0.1, 0.15) is 12.8 Å². The van der Waals surface area contributed by atoms with Gasteiger partial charge in [0.15, 0.2) is 0 Å². The van der Waals surface area contributed by atoms with E-state index >= 15 is 0 Å². The van der Waals surface area contributed by atoms with E-state index in [1.165, 1.54) is 6.08 Å². The molecule has 25 heavy (non-hydrogen) atoms. The average Bonchev–Trinajstić information content (AvgIpc) is 2.57. The summed E-state index contributed by atoms with van der Waals surface area (Å²) in [7, 11) is 2.10. The van der Waals surface area contributed by atoms with Crippen molar-refractivity contribution in [3.63, 3.8) is 0 Å². The molecule has 0 spiro atoms. The third-order valence-electron chi connectivity index (χ3n) is 4.50. The number of likely N-dealkylation sites (tertiary alicyclic amines) is 1. The number of hydrogen-bond acceptors (Lipinski definition) is 5. The van der Waals surface area contributed by atoms with Crippen molar-refractivity contribution >= 4 is 17.4 Å². The molecule has 7 heteroatoms. The monoisotopic (exact) mass is 367 g/mol. The second-order valence-corrected chi connectivity index (χ2v) is 6.94. The van der Waals surface area contributed by atoms with Crippen molar-refractivity contribution in [2.24, 2.45) is 5.92 Å². The zero-order chi connectivity index (χ0) is 17.8. The Morgan fingerprint density at radius 2 is 2.16 bits per heavy atom. The summed E-state index contributed by atoms with van der Waals surface area (Å²) in [5.41, 5.74) is 0. The number of rotatable bonds is 5. The molecule has 3 atom stereocenters. The molecule has 3 rings (SSSR count). The number of alkyl halides is 1. The van der Waals surface area contributed by atoms with Crippen LogP contribution in [0.15, 0.2) is 41.5 Å². The fourth-order valence-corrected chi connectivity index (χ4v) is 3.18. The summed E-state index contributed by atoms with van der Waals surface area (Å²) in [5, 5.41) is 13.4. The standard InChI is InChI=1S/C18H23ClFN3O2/c1-23-9-7-13(8-10-23)25-17-4-2-3-16(21-17)22-18(24)14-6-5-12(19)11-15(14)20/h2-6,11,13-15,18,24H,7-10H2,1H3,(H,21,22). The van der Waals surface area contributed by atoms with Crippen LogP contribution >= 0.6 is 11.6 Å². The summed E-state index contributed by atoms with van der Waals surface area (Å²) in [4.78, 5) is 6.64. The van der Waals surface area contributed by atoms with Crippen LogP contribution in [0.4, 0.5) is 10.2 Å². The molecule has 5 nitrogen and oxygen atoms in total. The maximum Gasteiger partial charge on any atom is 0.215 e. The molecule has 2 N–H and O–H groups in total. The Morgan fingerprint density at radius 1 is 1.40 bits per heavy atom. The van der Waals surface area contributed by atoms with E-state index in [2.05, 4.69) is 22.2 Å². The van der Waals surface area contributed by atoms with Gasteiger partial charge >= 0.3 is 0 Å². The van der Waals surface area contributed by atoms with Crippen molar-refractivity contribution in [1.82, 2.24) is 9.88 Å². The van der Waals surface area contributed by atoms with Gasteiger partial charge in [-0.25, -0.2) is 4.39 Å². The molecule has 1 aromatic rings. The van der Waals surface area contributed by atoms with E-state index < -0.39 is 18.3 Å². The van der Waals surface area contributed by atoms with Crippen LogP contribution < -0.4 is 10.1 Å². The molecule has 3 unspecified atom stereocenters. The topological polar surface area (TPSA) is 57.6 Å². The van der Waals surface area contributed by atoms with E-state index in [1.54, 1.807) is 30.4 Å². The van der Waals surface area contributed by atoms with Crippen LogP contribution in [0.5, 0.6) is 5.88 Å². The highest BCUT2D eigenvalue weighted by molar-refractivity contribution is 6.31. The first-order valence-corrected chi connectivity index (χ1v) is 8.85. The van der Waals surface area contributed by atoms with Crippen LogP contribution in [0.25, 0.3) is 0 Å². The highest BCUT2D eigenvalue weighted by Crippen LogP contribution is 2.26. The third-order valence-corrected chi connectivity index (χ3v) is 4.75. The number of allylic oxidation sites excluding steroid dienone is 3. The lowest BCUT2D eigenvalue weighted by molar-refractivity contribution is 0.109. The number of ether oxygens (including phenoxy) is 1. The first-order chi connectivity index (χ1) is 12.0. The van der Waals surface area contributed by atoms with Gasteiger partial charge in [0.05, 0.1) is 5.92 Å². The van der Waals surface area contributed by atoms with E-state index in [9.17, 15) is 9.50 Å². The van der Waals surface area contributed by atoms with Gasteiger partial charge in [0, 0.05) is 24.2 Å². The van der Waals surface area contributed by atoms with Crippen molar-refractivity contribution in [2.75, 3.05) is 25.5 Å². The van der Waals surface area contributed by atoms with Crippen LogP contribution in [0, 0.1) is 5.92 Å². The lowest BCUT2D eigenvalue weighted by Gasteiger charge is -2.29. The Hall–Kier alpha value is -1.63. The van der Waals surface area contributed by atoms with E-state index in [0.717, 1.165) is 25.9 Å². The minimum absolute atomic E-state index is 0.146. The van der Waals surface area contributed by atoms with Gasteiger partial charge in [-0.1, -0.05) is 23.7 Å².